The average Bonchev–Trinajstić information content (AvgIpc) is 3.28. The van der Waals surface area contributed by atoms with Crippen LogP contribution in [0, 0.1) is 19.3 Å². The van der Waals surface area contributed by atoms with E-state index in [-0.39, 0.29) is 11.3 Å². The van der Waals surface area contributed by atoms with Crippen molar-refractivity contribution in [1.29, 1.82) is 0 Å². The van der Waals surface area contributed by atoms with Crippen molar-refractivity contribution < 1.29 is 9.53 Å². The molecule has 0 bridgehead atoms. The molecule has 3 aromatic rings. The molecule has 0 aliphatic carbocycles. The molecule has 0 saturated carbocycles. The van der Waals surface area contributed by atoms with Crippen LogP contribution in [0.15, 0.2) is 30.6 Å². The first-order valence-corrected chi connectivity index (χ1v) is 14.8. The van der Waals surface area contributed by atoms with E-state index in [2.05, 4.69) is 75.9 Å². The van der Waals surface area contributed by atoms with E-state index in [1.807, 2.05) is 30.9 Å². The van der Waals surface area contributed by atoms with Crippen molar-refractivity contribution in [2.75, 3.05) is 23.9 Å². The van der Waals surface area contributed by atoms with E-state index in [4.69, 9.17) is 4.74 Å². The van der Waals surface area contributed by atoms with Crippen molar-refractivity contribution in [3.05, 3.63) is 47.3 Å². The van der Waals surface area contributed by atoms with Crippen molar-refractivity contribution in [2.45, 2.75) is 101 Å². The standard InChI is InChI=1S/C28H36N4O2.C3H8.C2H6/c1-7-12-28(9-3)15-26(33)32(16-28)24-13-21-23(14-25(24)34-6)29-17-30-27(21)31-22-11-10-18(4)19(5)20(22)8-2;1-3-2;1-2/h10-11,13-14,17H,7-9,12,15-16H2,1-6H3,(H,29,30,31);3H2,1-2H3;1-2H3. The minimum Gasteiger partial charge on any atom is -0.494 e. The Balaban J connectivity index is 0.000000998. The number of anilines is 3. The molecule has 1 aliphatic heterocycles. The molecule has 1 unspecified atom stereocenters. The Bertz CT molecular complexity index is 1240. The molecule has 4 rings (SSSR count). The molecule has 1 saturated heterocycles. The molecule has 0 radical (unpaired) electrons. The number of ether oxygens (including phenoxy) is 1. The minimum absolute atomic E-state index is 0.0233. The fraction of sp³-hybridized carbons (Fsp3) is 0.545. The Labute approximate surface area is 236 Å². The number of aryl methyl sites for hydroxylation is 1. The van der Waals surface area contributed by atoms with E-state index in [1.54, 1.807) is 13.4 Å². The van der Waals surface area contributed by atoms with Gasteiger partial charge in [0.1, 0.15) is 17.9 Å². The fourth-order valence-corrected chi connectivity index (χ4v) is 5.35. The topological polar surface area (TPSA) is 67.4 Å². The van der Waals surface area contributed by atoms with Gasteiger partial charge in [0.05, 0.1) is 18.3 Å². The molecule has 1 aromatic heterocycles. The molecule has 2 aromatic carbocycles. The number of amides is 1. The second-order valence-electron chi connectivity index (χ2n) is 10.2. The summed E-state index contributed by atoms with van der Waals surface area (Å²) in [6.45, 7) is 19.8. The van der Waals surface area contributed by atoms with Crippen LogP contribution >= 0.6 is 0 Å². The SMILES string of the molecule is CC.CCC.CCCC1(CC)CC(=O)N(c2cc3c(Nc4ccc(C)c(C)c4CC)ncnc3cc2OC)C1. The molecule has 1 aliphatic rings. The van der Waals surface area contributed by atoms with E-state index >= 15 is 0 Å². The van der Waals surface area contributed by atoms with Gasteiger partial charge in [0.15, 0.2) is 0 Å². The van der Waals surface area contributed by atoms with Gasteiger partial charge in [-0.1, -0.05) is 67.4 Å². The molecule has 2 heterocycles. The highest BCUT2D eigenvalue weighted by Gasteiger charge is 2.42. The quantitative estimate of drug-likeness (QED) is 0.312. The number of fused-ring (bicyclic) bond motifs is 1. The highest BCUT2D eigenvalue weighted by Crippen LogP contribution is 2.44. The Morgan fingerprint density at radius 2 is 1.74 bits per heavy atom. The first-order chi connectivity index (χ1) is 18.8. The second-order valence-corrected chi connectivity index (χ2v) is 10.2. The van der Waals surface area contributed by atoms with Gasteiger partial charge in [-0.3, -0.25) is 4.79 Å². The maximum Gasteiger partial charge on any atom is 0.227 e. The van der Waals surface area contributed by atoms with E-state index in [0.29, 0.717) is 18.7 Å². The van der Waals surface area contributed by atoms with Gasteiger partial charge >= 0.3 is 0 Å². The minimum atomic E-state index is 0.0233. The van der Waals surface area contributed by atoms with Crippen LogP contribution in [0.3, 0.4) is 0 Å². The summed E-state index contributed by atoms with van der Waals surface area (Å²) in [7, 11) is 1.65. The highest BCUT2D eigenvalue weighted by atomic mass is 16.5. The molecular weight excluding hydrogens is 484 g/mol. The number of hydrogen-bond acceptors (Lipinski definition) is 5. The Morgan fingerprint density at radius 3 is 2.33 bits per heavy atom. The van der Waals surface area contributed by atoms with Crippen molar-refractivity contribution in [1.82, 2.24) is 9.97 Å². The van der Waals surface area contributed by atoms with Crippen LogP contribution in [0.5, 0.6) is 5.75 Å². The summed E-state index contributed by atoms with van der Waals surface area (Å²) in [5, 5.41) is 4.42. The normalized spacial score (nSPS) is 16.4. The lowest BCUT2D eigenvalue weighted by atomic mass is 9.80. The van der Waals surface area contributed by atoms with Crippen molar-refractivity contribution in [3.63, 3.8) is 0 Å². The maximum absolute atomic E-state index is 13.2. The lowest BCUT2D eigenvalue weighted by Gasteiger charge is -2.27. The number of carbonyl (C=O) groups is 1. The molecule has 214 valence electrons. The Kier molecular flexibility index (Phi) is 12.2. The fourth-order valence-electron chi connectivity index (χ4n) is 5.35. The Hall–Kier alpha value is -3.15. The molecule has 39 heavy (non-hydrogen) atoms. The van der Waals surface area contributed by atoms with Gasteiger partial charge in [-0.25, -0.2) is 9.97 Å². The van der Waals surface area contributed by atoms with Gasteiger partial charge in [0.2, 0.25) is 5.91 Å². The zero-order chi connectivity index (χ0) is 29.2. The third-order valence-electron chi connectivity index (χ3n) is 7.55. The lowest BCUT2D eigenvalue weighted by Crippen LogP contribution is -2.28. The monoisotopic (exact) mass is 534 g/mol. The number of aromatic nitrogens is 2. The van der Waals surface area contributed by atoms with Crippen molar-refractivity contribution >= 4 is 34.0 Å². The van der Waals surface area contributed by atoms with E-state index < -0.39 is 0 Å². The molecule has 6 nitrogen and oxygen atoms in total. The summed E-state index contributed by atoms with van der Waals surface area (Å²) in [5.41, 5.74) is 6.50. The number of hydrogen-bond donors (Lipinski definition) is 1. The number of benzene rings is 2. The summed E-state index contributed by atoms with van der Waals surface area (Å²) < 4.78 is 5.72. The molecule has 0 spiro atoms. The van der Waals surface area contributed by atoms with Crippen LogP contribution in [0.4, 0.5) is 17.2 Å². The van der Waals surface area contributed by atoms with Crippen LogP contribution in [-0.4, -0.2) is 29.5 Å². The largest absolute Gasteiger partial charge is 0.494 e. The van der Waals surface area contributed by atoms with E-state index in [1.165, 1.54) is 23.1 Å². The zero-order valence-corrected chi connectivity index (χ0v) is 26.0. The number of nitrogens with one attached hydrogen (secondary N) is 1. The van der Waals surface area contributed by atoms with E-state index in [9.17, 15) is 4.79 Å². The average molecular weight is 535 g/mol. The maximum atomic E-state index is 13.2. The Morgan fingerprint density at radius 1 is 1.05 bits per heavy atom. The predicted octanol–water partition coefficient (Wildman–Crippen LogP) is 8.94. The van der Waals surface area contributed by atoms with Gasteiger partial charge in [-0.05, 0) is 67.3 Å². The van der Waals surface area contributed by atoms with Crippen LogP contribution in [-0.2, 0) is 11.2 Å². The molecule has 1 amide bonds. The van der Waals surface area contributed by atoms with Gasteiger partial charge in [0.25, 0.3) is 0 Å². The first-order valence-electron chi connectivity index (χ1n) is 14.8. The van der Waals surface area contributed by atoms with Crippen LogP contribution in [0.1, 0.15) is 97.3 Å². The molecule has 6 heteroatoms. The molecule has 1 atom stereocenters. The molecule has 1 fully saturated rings. The summed E-state index contributed by atoms with van der Waals surface area (Å²) in [6, 6.07) is 8.18. The summed E-state index contributed by atoms with van der Waals surface area (Å²) >= 11 is 0. The van der Waals surface area contributed by atoms with Crippen LogP contribution in [0.2, 0.25) is 0 Å². The predicted molar refractivity (Wildman–Crippen MR) is 167 cm³/mol. The number of methoxy groups -OCH3 is 1. The first kappa shape index (κ1) is 32.1. The van der Waals surface area contributed by atoms with E-state index in [0.717, 1.165) is 53.8 Å². The van der Waals surface area contributed by atoms with Gasteiger partial charge in [-0.15, -0.1) is 0 Å². The third-order valence-corrected chi connectivity index (χ3v) is 7.55. The zero-order valence-electron chi connectivity index (χ0n) is 26.0. The van der Waals surface area contributed by atoms with Crippen LogP contribution < -0.4 is 15.0 Å². The lowest BCUT2D eigenvalue weighted by molar-refractivity contribution is -0.117. The summed E-state index contributed by atoms with van der Waals surface area (Å²) in [4.78, 5) is 24.2. The number of nitrogens with zero attached hydrogens (tertiary/aromatic N) is 3. The van der Waals surface area contributed by atoms with Gasteiger partial charge in [0, 0.05) is 30.1 Å². The number of rotatable bonds is 8. The number of carbonyl (C=O) groups excluding carboxylic acids is 1. The third kappa shape index (κ3) is 7.09. The molecular formula is C33H50N4O2. The highest BCUT2D eigenvalue weighted by molar-refractivity contribution is 6.02. The van der Waals surface area contributed by atoms with Gasteiger partial charge in [-0.2, -0.15) is 0 Å². The second kappa shape index (κ2) is 14.9. The summed E-state index contributed by atoms with van der Waals surface area (Å²) in [6.07, 6.45) is 7.43. The summed E-state index contributed by atoms with van der Waals surface area (Å²) in [5.74, 6) is 1.55. The van der Waals surface area contributed by atoms with Crippen molar-refractivity contribution in [3.8, 4) is 5.75 Å². The van der Waals surface area contributed by atoms with Gasteiger partial charge < -0.3 is 15.0 Å². The molecule has 1 N–H and O–H groups in total. The van der Waals surface area contributed by atoms with Crippen molar-refractivity contribution in [2.24, 2.45) is 5.41 Å². The smallest absolute Gasteiger partial charge is 0.227 e. The van der Waals surface area contributed by atoms with Crippen LogP contribution in [0.25, 0.3) is 10.9 Å².